The second kappa shape index (κ2) is 8.84. The normalized spacial score (nSPS) is 13.6. The van der Waals surface area contributed by atoms with E-state index in [1.165, 1.54) is 34.1 Å². The van der Waals surface area contributed by atoms with Crippen molar-refractivity contribution in [1.82, 2.24) is 29.6 Å². The fourth-order valence-electron chi connectivity index (χ4n) is 4.47. The Hall–Kier alpha value is -4.10. The second-order valence-corrected chi connectivity index (χ2v) is 9.76. The Morgan fingerprint density at radius 1 is 1.19 bits per heavy atom. The standard InChI is InChI=1S/C26H27FN8O/c1-15(2)34-24(36)19-13-30-25(31-18-6-5-17-12-29-10-9-16(17)11-18)33-23(19)35(34)21-8-7-20(27)22(32-21)26(3,4)14-28/h5-8,11,13,15,29H,9-10,12H2,1-4H3,(H,30,31,33). The quantitative estimate of drug-likeness (QED) is 0.440. The lowest BCUT2D eigenvalue weighted by molar-refractivity contribution is 0.467. The monoisotopic (exact) mass is 486 g/mol. The molecule has 0 amide bonds. The third-order valence-electron chi connectivity index (χ3n) is 6.38. The van der Waals surface area contributed by atoms with Crippen molar-refractivity contribution in [1.29, 1.82) is 5.26 Å². The van der Waals surface area contributed by atoms with Gasteiger partial charge in [0.2, 0.25) is 5.95 Å². The van der Waals surface area contributed by atoms with Gasteiger partial charge in [0.05, 0.1) is 17.2 Å². The van der Waals surface area contributed by atoms with E-state index in [9.17, 15) is 14.4 Å². The number of pyridine rings is 1. The highest BCUT2D eigenvalue weighted by atomic mass is 19.1. The Labute approximate surface area is 207 Å². The number of fused-ring (bicyclic) bond motifs is 2. The zero-order valence-electron chi connectivity index (χ0n) is 20.6. The molecule has 0 fully saturated rings. The lowest BCUT2D eigenvalue weighted by atomic mass is 9.90. The van der Waals surface area contributed by atoms with Crippen LogP contribution in [0.2, 0.25) is 0 Å². The fraction of sp³-hybridized carbons (Fsp3) is 0.346. The van der Waals surface area contributed by atoms with Gasteiger partial charge in [-0.2, -0.15) is 10.2 Å². The average Bonchev–Trinajstić information content (AvgIpc) is 3.16. The number of halogens is 1. The zero-order valence-corrected chi connectivity index (χ0v) is 20.6. The first-order chi connectivity index (χ1) is 17.2. The maximum Gasteiger partial charge on any atom is 0.278 e. The highest BCUT2D eigenvalue weighted by Gasteiger charge is 2.28. The molecule has 10 heteroatoms. The molecule has 4 aromatic rings. The van der Waals surface area contributed by atoms with E-state index in [1.807, 2.05) is 19.9 Å². The van der Waals surface area contributed by atoms with E-state index in [4.69, 9.17) is 0 Å². The zero-order chi connectivity index (χ0) is 25.6. The molecule has 0 saturated carbocycles. The van der Waals surface area contributed by atoms with E-state index in [0.717, 1.165) is 25.2 Å². The predicted octanol–water partition coefficient (Wildman–Crippen LogP) is 3.89. The number of nitrogens with zero attached hydrogens (tertiary/aromatic N) is 6. The molecule has 1 aliphatic heterocycles. The van der Waals surface area contributed by atoms with Gasteiger partial charge >= 0.3 is 0 Å². The number of anilines is 2. The number of rotatable bonds is 5. The Balaban J connectivity index is 1.65. The molecule has 0 aliphatic carbocycles. The minimum absolute atomic E-state index is 0.00283. The second-order valence-electron chi connectivity index (χ2n) is 9.76. The molecule has 9 nitrogen and oxygen atoms in total. The maximum absolute atomic E-state index is 14.6. The molecule has 184 valence electrons. The van der Waals surface area contributed by atoms with Crippen LogP contribution in [0.1, 0.15) is 50.6 Å². The average molecular weight is 487 g/mol. The highest BCUT2D eigenvalue weighted by Crippen LogP contribution is 2.27. The van der Waals surface area contributed by atoms with Gasteiger partial charge < -0.3 is 10.6 Å². The minimum atomic E-state index is -1.16. The van der Waals surface area contributed by atoms with Crippen molar-refractivity contribution in [3.05, 3.63) is 69.5 Å². The van der Waals surface area contributed by atoms with Crippen LogP contribution in [0.3, 0.4) is 0 Å². The van der Waals surface area contributed by atoms with Gasteiger partial charge in [0.25, 0.3) is 5.56 Å². The third-order valence-corrected chi connectivity index (χ3v) is 6.38. The number of nitriles is 1. The summed E-state index contributed by atoms with van der Waals surface area (Å²) in [6.45, 7) is 8.73. The van der Waals surface area contributed by atoms with Crippen molar-refractivity contribution < 1.29 is 4.39 Å². The van der Waals surface area contributed by atoms with Gasteiger partial charge in [-0.15, -0.1) is 0 Å². The molecule has 2 N–H and O–H groups in total. The Morgan fingerprint density at radius 2 is 2.00 bits per heavy atom. The van der Waals surface area contributed by atoms with Crippen molar-refractivity contribution in [2.75, 3.05) is 11.9 Å². The van der Waals surface area contributed by atoms with Crippen LogP contribution in [-0.4, -0.2) is 30.9 Å². The predicted molar refractivity (Wildman–Crippen MR) is 135 cm³/mol. The van der Waals surface area contributed by atoms with Crippen LogP contribution in [-0.2, 0) is 18.4 Å². The third kappa shape index (κ3) is 4.01. The van der Waals surface area contributed by atoms with E-state index >= 15 is 0 Å². The molecule has 0 atom stereocenters. The highest BCUT2D eigenvalue weighted by molar-refractivity contribution is 5.77. The smallest absolute Gasteiger partial charge is 0.278 e. The first-order valence-corrected chi connectivity index (χ1v) is 11.9. The molecule has 0 bridgehead atoms. The Kier molecular flexibility index (Phi) is 5.80. The van der Waals surface area contributed by atoms with Gasteiger partial charge in [-0.05, 0) is 76.1 Å². The summed E-state index contributed by atoms with van der Waals surface area (Å²) >= 11 is 0. The molecular formula is C26H27FN8O. The van der Waals surface area contributed by atoms with Crippen LogP contribution < -0.4 is 16.2 Å². The number of benzene rings is 1. The van der Waals surface area contributed by atoms with Crippen LogP contribution in [0.5, 0.6) is 0 Å². The van der Waals surface area contributed by atoms with E-state index in [0.29, 0.717) is 22.8 Å². The van der Waals surface area contributed by atoms with Gasteiger partial charge in [0, 0.05) is 24.5 Å². The van der Waals surface area contributed by atoms with E-state index in [1.54, 1.807) is 18.5 Å². The SMILES string of the molecule is CC(C)n1c(=O)c2cnc(Nc3ccc4c(c3)CCNC4)nc2n1-c1ccc(F)c(C(C)(C)C#N)n1. The van der Waals surface area contributed by atoms with Gasteiger partial charge in [0.15, 0.2) is 11.5 Å². The molecule has 0 radical (unpaired) electrons. The van der Waals surface area contributed by atoms with Crippen LogP contribution in [0.4, 0.5) is 16.0 Å². The molecule has 0 unspecified atom stereocenters. The molecular weight excluding hydrogens is 459 g/mol. The molecule has 36 heavy (non-hydrogen) atoms. The van der Waals surface area contributed by atoms with Gasteiger partial charge in [-0.1, -0.05) is 6.07 Å². The van der Waals surface area contributed by atoms with Crippen molar-refractivity contribution in [2.45, 2.75) is 52.1 Å². The van der Waals surface area contributed by atoms with Crippen molar-refractivity contribution in [3.8, 4) is 11.9 Å². The summed E-state index contributed by atoms with van der Waals surface area (Å²) in [5, 5.41) is 16.5. The van der Waals surface area contributed by atoms with E-state index in [-0.39, 0.29) is 17.3 Å². The molecule has 3 aromatic heterocycles. The summed E-state index contributed by atoms with van der Waals surface area (Å²) in [4.78, 5) is 26.8. The van der Waals surface area contributed by atoms with Gasteiger partial charge in [-0.25, -0.2) is 23.7 Å². The molecule has 1 aliphatic rings. The molecule has 4 heterocycles. The van der Waals surface area contributed by atoms with Gasteiger partial charge in [-0.3, -0.25) is 4.79 Å². The molecule has 1 aromatic carbocycles. The topological polar surface area (TPSA) is 113 Å². The van der Waals surface area contributed by atoms with Crippen LogP contribution in [0.25, 0.3) is 16.9 Å². The Morgan fingerprint density at radius 3 is 2.75 bits per heavy atom. The Bertz CT molecular complexity index is 1580. The summed E-state index contributed by atoms with van der Waals surface area (Å²) in [6, 6.07) is 10.7. The summed E-state index contributed by atoms with van der Waals surface area (Å²) in [6.07, 6.45) is 2.44. The fourth-order valence-corrected chi connectivity index (χ4v) is 4.47. The molecule has 0 saturated heterocycles. The maximum atomic E-state index is 14.6. The van der Waals surface area contributed by atoms with Gasteiger partial charge in [0.1, 0.15) is 11.2 Å². The number of nitrogens with one attached hydrogen (secondary N) is 2. The lowest BCUT2D eigenvalue weighted by Crippen LogP contribution is -2.26. The summed E-state index contributed by atoms with van der Waals surface area (Å²) in [5.41, 5.74) is 2.30. The molecule has 5 rings (SSSR count). The summed E-state index contributed by atoms with van der Waals surface area (Å²) in [7, 11) is 0. The first kappa shape index (κ1) is 23.6. The molecule has 0 spiro atoms. The summed E-state index contributed by atoms with van der Waals surface area (Å²) in [5.74, 6) is 0.0342. The lowest BCUT2D eigenvalue weighted by Gasteiger charge is -2.19. The minimum Gasteiger partial charge on any atom is -0.324 e. The van der Waals surface area contributed by atoms with Crippen molar-refractivity contribution >= 4 is 22.7 Å². The number of hydrogen-bond acceptors (Lipinski definition) is 7. The van der Waals surface area contributed by atoms with Crippen molar-refractivity contribution in [2.24, 2.45) is 0 Å². The van der Waals surface area contributed by atoms with Crippen LogP contribution in [0.15, 0.2) is 41.3 Å². The number of aromatic nitrogens is 5. The van der Waals surface area contributed by atoms with E-state index in [2.05, 4.69) is 43.8 Å². The largest absolute Gasteiger partial charge is 0.324 e. The first-order valence-electron chi connectivity index (χ1n) is 11.9. The van der Waals surface area contributed by atoms with Crippen LogP contribution in [0, 0.1) is 17.1 Å². The van der Waals surface area contributed by atoms with Crippen LogP contribution >= 0.6 is 0 Å². The summed E-state index contributed by atoms with van der Waals surface area (Å²) < 4.78 is 17.7. The number of hydrogen-bond donors (Lipinski definition) is 2. The van der Waals surface area contributed by atoms with Crippen molar-refractivity contribution in [3.63, 3.8) is 0 Å². The van der Waals surface area contributed by atoms with E-state index < -0.39 is 11.2 Å².